The van der Waals surface area contributed by atoms with Gasteiger partial charge in [0.25, 0.3) is 0 Å². The van der Waals surface area contributed by atoms with E-state index in [2.05, 4.69) is 0 Å². The molecule has 0 saturated carbocycles. The number of aliphatic carboxylic acids is 1. The van der Waals surface area contributed by atoms with Crippen LogP contribution in [0.5, 0.6) is 5.75 Å². The molecule has 0 radical (unpaired) electrons. The van der Waals surface area contributed by atoms with Crippen LogP contribution in [0.2, 0.25) is 0 Å². The van der Waals surface area contributed by atoms with Crippen molar-refractivity contribution in [3.8, 4) is 5.75 Å². The van der Waals surface area contributed by atoms with Gasteiger partial charge in [0.15, 0.2) is 0 Å². The first-order chi connectivity index (χ1) is 10.0. The first-order valence-electron chi connectivity index (χ1n) is 6.74. The van der Waals surface area contributed by atoms with Crippen LogP contribution in [0.25, 0.3) is 0 Å². The molecule has 2 rings (SSSR count). The van der Waals surface area contributed by atoms with Crippen molar-refractivity contribution in [3.63, 3.8) is 0 Å². The number of benzene rings is 1. The number of carbonyl (C=O) groups is 1. The molecular formula is C16H18O5. The lowest BCUT2D eigenvalue weighted by molar-refractivity contribution is -0.146. The van der Waals surface area contributed by atoms with E-state index in [1.165, 1.54) is 18.2 Å². The monoisotopic (exact) mass is 290 g/mol. The molecule has 1 aromatic carbocycles. The smallest absolute Gasteiger partial charge is 0.313 e. The summed E-state index contributed by atoms with van der Waals surface area (Å²) in [5, 5.41) is 29.1. The van der Waals surface area contributed by atoms with Crippen molar-refractivity contribution in [2.75, 3.05) is 6.61 Å². The average molecular weight is 290 g/mol. The fraction of sp³-hybridized carbons (Fsp3) is 0.312. The summed E-state index contributed by atoms with van der Waals surface area (Å²) in [5.74, 6) is -1.59. The number of aliphatic hydroxyl groups is 2. The lowest BCUT2D eigenvalue weighted by atomic mass is 9.80. The van der Waals surface area contributed by atoms with E-state index in [1.54, 1.807) is 0 Å². The highest BCUT2D eigenvalue weighted by atomic mass is 16.5. The van der Waals surface area contributed by atoms with E-state index in [0.29, 0.717) is 13.0 Å². The molecule has 112 valence electrons. The second-order valence-corrected chi connectivity index (χ2v) is 5.00. The molecular weight excluding hydrogens is 272 g/mol. The molecule has 0 saturated heterocycles. The normalized spacial score (nSPS) is 24.4. The van der Waals surface area contributed by atoms with Crippen molar-refractivity contribution >= 4 is 5.97 Å². The van der Waals surface area contributed by atoms with E-state index in [9.17, 15) is 15.0 Å². The Labute approximate surface area is 122 Å². The van der Waals surface area contributed by atoms with Gasteiger partial charge in [-0.1, -0.05) is 24.3 Å². The van der Waals surface area contributed by atoms with Crippen molar-refractivity contribution in [2.24, 2.45) is 5.92 Å². The summed E-state index contributed by atoms with van der Waals surface area (Å²) in [4.78, 5) is 11.2. The van der Waals surface area contributed by atoms with Gasteiger partial charge >= 0.3 is 5.97 Å². The van der Waals surface area contributed by atoms with Crippen LogP contribution in [-0.2, 0) is 4.79 Å². The molecule has 5 heteroatoms. The SMILES string of the molecule is O=C(O)C1C=CC(O)=CC1(O)CCCOc1ccccc1. The Hall–Kier alpha value is -2.27. The second kappa shape index (κ2) is 6.45. The molecule has 0 amide bonds. The maximum atomic E-state index is 11.2. The van der Waals surface area contributed by atoms with Crippen molar-refractivity contribution in [3.05, 3.63) is 54.3 Å². The first-order valence-corrected chi connectivity index (χ1v) is 6.74. The van der Waals surface area contributed by atoms with Crippen LogP contribution in [0, 0.1) is 5.92 Å². The van der Waals surface area contributed by atoms with E-state index < -0.39 is 17.5 Å². The second-order valence-electron chi connectivity index (χ2n) is 5.00. The summed E-state index contributed by atoms with van der Waals surface area (Å²) >= 11 is 0. The highest BCUT2D eigenvalue weighted by Gasteiger charge is 2.40. The summed E-state index contributed by atoms with van der Waals surface area (Å²) in [5.41, 5.74) is -1.59. The Bertz CT molecular complexity index is 549. The molecule has 2 atom stereocenters. The van der Waals surface area contributed by atoms with Crippen molar-refractivity contribution in [1.29, 1.82) is 0 Å². The van der Waals surface area contributed by atoms with E-state index in [1.807, 2.05) is 30.3 Å². The molecule has 21 heavy (non-hydrogen) atoms. The van der Waals surface area contributed by atoms with Crippen LogP contribution in [0.4, 0.5) is 0 Å². The van der Waals surface area contributed by atoms with Crippen LogP contribution < -0.4 is 4.74 Å². The van der Waals surface area contributed by atoms with Gasteiger partial charge in [0.05, 0.1) is 6.61 Å². The third-order valence-electron chi connectivity index (χ3n) is 3.40. The Morgan fingerprint density at radius 3 is 2.67 bits per heavy atom. The van der Waals surface area contributed by atoms with Gasteiger partial charge < -0.3 is 20.1 Å². The van der Waals surface area contributed by atoms with Crippen molar-refractivity contribution < 1.29 is 24.9 Å². The zero-order valence-corrected chi connectivity index (χ0v) is 11.5. The van der Waals surface area contributed by atoms with E-state index in [-0.39, 0.29) is 12.2 Å². The van der Waals surface area contributed by atoms with Gasteiger partial charge in [-0.2, -0.15) is 0 Å². The van der Waals surface area contributed by atoms with Crippen LogP contribution in [0.3, 0.4) is 0 Å². The zero-order valence-electron chi connectivity index (χ0n) is 11.5. The predicted octanol–water partition coefficient (Wildman–Crippen LogP) is 2.29. The van der Waals surface area contributed by atoms with Gasteiger partial charge in [-0.3, -0.25) is 4.79 Å². The summed E-state index contributed by atoms with van der Waals surface area (Å²) in [6.07, 6.45) is 4.43. The topological polar surface area (TPSA) is 87.0 Å². The molecule has 0 fully saturated rings. The number of para-hydroxylation sites is 1. The van der Waals surface area contributed by atoms with Gasteiger partial charge in [0.1, 0.15) is 23.0 Å². The highest BCUT2D eigenvalue weighted by molar-refractivity contribution is 5.75. The Balaban J connectivity index is 1.91. The summed E-state index contributed by atoms with van der Waals surface area (Å²) in [7, 11) is 0. The van der Waals surface area contributed by atoms with Gasteiger partial charge in [0, 0.05) is 0 Å². The van der Waals surface area contributed by atoms with Crippen LogP contribution >= 0.6 is 0 Å². The average Bonchev–Trinajstić information content (AvgIpc) is 2.44. The van der Waals surface area contributed by atoms with E-state index >= 15 is 0 Å². The largest absolute Gasteiger partial charge is 0.508 e. The minimum atomic E-state index is -1.59. The van der Waals surface area contributed by atoms with E-state index in [0.717, 1.165) is 5.75 Å². The fourth-order valence-corrected chi connectivity index (χ4v) is 2.34. The first kappa shape index (κ1) is 15.1. The third-order valence-corrected chi connectivity index (χ3v) is 3.40. The molecule has 1 aliphatic rings. The number of rotatable bonds is 6. The highest BCUT2D eigenvalue weighted by Crippen LogP contribution is 2.31. The Morgan fingerprint density at radius 1 is 1.29 bits per heavy atom. The maximum Gasteiger partial charge on any atom is 0.313 e. The van der Waals surface area contributed by atoms with Gasteiger partial charge in [-0.25, -0.2) is 0 Å². The maximum absolute atomic E-state index is 11.2. The third kappa shape index (κ3) is 3.86. The Morgan fingerprint density at radius 2 is 2.00 bits per heavy atom. The van der Waals surface area contributed by atoms with Gasteiger partial charge in [0.2, 0.25) is 0 Å². The lowest BCUT2D eigenvalue weighted by Gasteiger charge is -2.31. The summed E-state index contributed by atoms with van der Waals surface area (Å²) < 4.78 is 5.50. The minimum Gasteiger partial charge on any atom is -0.508 e. The van der Waals surface area contributed by atoms with Gasteiger partial charge in [-0.05, 0) is 37.1 Å². The number of aliphatic hydroxyl groups excluding tert-OH is 1. The molecule has 1 aromatic rings. The number of hydrogen-bond donors (Lipinski definition) is 3. The molecule has 0 spiro atoms. The van der Waals surface area contributed by atoms with Crippen LogP contribution in [0.1, 0.15) is 12.8 Å². The van der Waals surface area contributed by atoms with Crippen molar-refractivity contribution in [2.45, 2.75) is 18.4 Å². The Kier molecular flexibility index (Phi) is 4.65. The standard InChI is InChI=1S/C16H18O5/c17-12-7-8-14(15(18)19)16(20,11-12)9-4-10-21-13-5-2-1-3-6-13/h1-3,5-8,11,14,17,20H,4,9-10H2,(H,18,19). The van der Waals surface area contributed by atoms with Crippen LogP contribution in [0.15, 0.2) is 54.3 Å². The number of carboxylic acid groups (broad SMARTS) is 1. The molecule has 0 aliphatic heterocycles. The zero-order chi connectivity index (χ0) is 15.3. The molecule has 2 unspecified atom stereocenters. The number of ether oxygens (including phenoxy) is 1. The summed E-state index contributed by atoms with van der Waals surface area (Å²) in [6.45, 7) is 0.358. The van der Waals surface area contributed by atoms with Gasteiger partial charge in [-0.15, -0.1) is 0 Å². The van der Waals surface area contributed by atoms with Crippen molar-refractivity contribution in [1.82, 2.24) is 0 Å². The predicted molar refractivity (Wildman–Crippen MR) is 77.1 cm³/mol. The van der Waals surface area contributed by atoms with Crippen LogP contribution in [-0.4, -0.2) is 33.5 Å². The number of carboxylic acids is 1. The molecule has 1 aliphatic carbocycles. The lowest BCUT2D eigenvalue weighted by Crippen LogP contribution is -2.41. The number of hydrogen-bond acceptors (Lipinski definition) is 4. The molecule has 3 N–H and O–H groups in total. The quantitative estimate of drug-likeness (QED) is 0.700. The minimum absolute atomic E-state index is 0.126. The molecule has 0 bridgehead atoms. The fourth-order valence-electron chi connectivity index (χ4n) is 2.34. The summed E-state index contributed by atoms with van der Waals surface area (Å²) in [6, 6.07) is 9.24. The number of allylic oxidation sites excluding steroid dienone is 1. The molecule has 0 heterocycles. The molecule has 5 nitrogen and oxygen atoms in total. The molecule has 0 aromatic heterocycles. The van der Waals surface area contributed by atoms with E-state index in [4.69, 9.17) is 9.84 Å².